The zero-order chi connectivity index (χ0) is 14.6. The average molecular weight is 271 g/mol. The van der Waals surface area contributed by atoms with E-state index in [0.717, 1.165) is 11.1 Å². The highest BCUT2D eigenvalue weighted by Crippen LogP contribution is 2.39. The summed E-state index contributed by atoms with van der Waals surface area (Å²) in [6, 6.07) is 9.69. The van der Waals surface area contributed by atoms with Gasteiger partial charge in [-0.1, -0.05) is 48.6 Å². The first kappa shape index (κ1) is 14.1. The minimum atomic E-state index is -1.01. The Balaban J connectivity index is 2.34. The monoisotopic (exact) mass is 271 g/mol. The van der Waals surface area contributed by atoms with E-state index in [1.807, 2.05) is 36.4 Å². The van der Waals surface area contributed by atoms with Crippen LogP contribution in [-0.2, 0) is 9.59 Å². The van der Waals surface area contributed by atoms with Crippen molar-refractivity contribution in [3.8, 4) is 0 Å². The second-order valence-corrected chi connectivity index (χ2v) is 4.90. The minimum Gasteiger partial charge on any atom is -0.481 e. The van der Waals surface area contributed by atoms with E-state index in [1.165, 1.54) is 7.05 Å². The highest BCUT2D eigenvalue weighted by atomic mass is 16.4. The number of carbonyl (C=O) groups is 2. The van der Waals surface area contributed by atoms with Gasteiger partial charge >= 0.3 is 5.97 Å². The van der Waals surface area contributed by atoms with Crippen LogP contribution in [0.15, 0.2) is 48.6 Å². The predicted molar refractivity (Wildman–Crippen MR) is 76.9 cm³/mol. The summed E-state index contributed by atoms with van der Waals surface area (Å²) >= 11 is 0. The maximum atomic E-state index is 12.1. The van der Waals surface area contributed by atoms with Crippen molar-refractivity contribution in [1.82, 2.24) is 5.32 Å². The van der Waals surface area contributed by atoms with Gasteiger partial charge in [-0.3, -0.25) is 9.59 Å². The van der Waals surface area contributed by atoms with Gasteiger partial charge in [0.2, 0.25) is 5.91 Å². The second-order valence-electron chi connectivity index (χ2n) is 4.90. The van der Waals surface area contributed by atoms with E-state index < -0.39 is 11.4 Å². The lowest BCUT2D eigenvalue weighted by Crippen LogP contribution is -2.40. The van der Waals surface area contributed by atoms with Crippen LogP contribution < -0.4 is 5.32 Å². The molecule has 1 amide bonds. The number of carbonyl (C=O) groups excluding carboxylic acids is 1. The first-order valence-electron chi connectivity index (χ1n) is 6.45. The molecule has 0 saturated carbocycles. The molecule has 0 bridgehead atoms. The Bertz CT molecular complexity index is 575. The fourth-order valence-corrected chi connectivity index (χ4v) is 2.53. The number of nitrogens with one attached hydrogen (secondary N) is 1. The zero-order valence-corrected chi connectivity index (χ0v) is 11.3. The lowest BCUT2D eigenvalue weighted by atomic mass is 9.73. The fourth-order valence-electron chi connectivity index (χ4n) is 2.53. The van der Waals surface area contributed by atoms with Crippen molar-refractivity contribution < 1.29 is 14.7 Å². The number of amides is 1. The summed E-state index contributed by atoms with van der Waals surface area (Å²) in [5.41, 5.74) is 0.967. The Labute approximate surface area is 117 Å². The third-order valence-electron chi connectivity index (χ3n) is 3.51. The summed E-state index contributed by atoms with van der Waals surface area (Å²) in [7, 11) is 1.53. The van der Waals surface area contributed by atoms with E-state index in [4.69, 9.17) is 5.11 Å². The van der Waals surface area contributed by atoms with Gasteiger partial charge in [-0.25, -0.2) is 0 Å². The Hall–Kier alpha value is -2.36. The Kier molecular flexibility index (Phi) is 4.03. The summed E-state index contributed by atoms with van der Waals surface area (Å²) < 4.78 is 0. The number of carboxylic acids is 1. The van der Waals surface area contributed by atoms with Gasteiger partial charge in [0.25, 0.3) is 0 Å². The fraction of sp³-hybridized carbons (Fsp3) is 0.250. The van der Waals surface area contributed by atoms with Crippen molar-refractivity contribution in [2.45, 2.75) is 12.8 Å². The molecule has 1 unspecified atom stereocenters. The Morgan fingerprint density at radius 1 is 1.30 bits per heavy atom. The third-order valence-corrected chi connectivity index (χ3v) is 3.51. The van der Waals surface area contributed by atoms with Crippen LogP contribution in [0.2, 0.25) is 0 Å². The summed E-state index contributed by atoms with van der Waals surface area (Å²) in [6.07, 6.45) is 5.56. The molecule has 104 valence electrons. The molecule has 0 heterocycles. The van der Waals surface area contributed by atoms with E-state index in [2.05, 4.69) is 5.32 Å². The highest BCUT2D eigenvalue weighted by molar-refractivity contribution is 5.91. The molecule has 0 aromatic heterocycles. The number of hydrogen-bond donors (Lipinski definition) is 2. The molecule has 1 aromatic rings. The summed E-state index contributed by atoms with van der Waals surface area (Å²) in [6.45, 7) is 0. The van der Waals surface area contributed by atoms with E-state index in [9.17, 15) is 9.59 Å². The third kappa shape index (κ3) is 2.79. The van der Waals surface area contributed by atoms with E-state index in [-0.39, 0.29) is 12.3 Å². The van der Waals surface area contributed by atoms with Crippen LogP contribution in [0, 0.1) is 5.41 Å². The molecular formula is C16H17NO3. The van der Waals surface area contributed by atoms with Gasteiger partial charge in [-0.15, -0.1) is 0 Å². The quantitative estimate of drug-likeness (QED) is 0.882. The van der Waals surface area contributed by atoms with Gasteiger partial charge in [0.1, 0.15) is 0 Å². The largest absolute Gasteiger partial charge is 0.481 e. The smallest absolute Gasteiger partial charge is 0.304 e. The van der Waals surface area contributed by atoms with Crippen molar-refractivity contribution in [3.05, 3.63) is 54.1 Å². The average Bonchev–Trinajstić information content (AvgIpc) is 2.47. The van der Waals surface area contributed by atoms with Gasteiger partial charge in [-0.05, 0) is 17.6 Å². The van der Waals surface area contributed by atoms with Crippen molar-refractivity contribution in [3.63, 3.8) is 0 Å². The maximum Gasteiger partial charge on any atom is 0.304 e. The molecule has 1 atom stereocenters. The van der Waals surface area contributed by atoms with Crippen molar-refractivity contribution >= 4 is 17.4 Å². The van der Waals surface area contributed by atoms with Gasteiger partial charge < -0.3 is 10.4 Å². The van der Waals surface area contributed by atoms with Crippen LogP contribution in [0.3, 0.4) is 0 Å². The van der Waals surface area contributed by atoms with Gasteiger partial charge in [0.15, 0.2) is 0 Å². The number of hydrogen-bond acceptors (Lipinski definition) is 2. The van der Waals surface area contributed by atoms with Crippen LogP contribution in [0.5, 0.6) is 0 Å². The van der Waals surface area contributed by atoms with Crippen LogP contribution in [0.4, 0.5) is 0 Å². The van der Waals surface area contributed by atoms with Gasteiger partial charge in [0, 0.05) is 7.05 Å². The number of aliphatic carboxylic acids is 1. The van der Waals surface area contributed by atoms with Crippen molar-refractivity contribution in [2.75, 3.05) is 7.05 Å². The molecule has 0 spiro atoms. The molecular weight excluding hydrogens is 254 g/mol. The van der Waals surface area contributed by atoms with E-state index >= 15 is 0 Å². The minimum absolute atomic E-state index is 0.215. The number of benzene rings is 1. The lowest BCUT2D eigenvalue weighted by Gasteiger charge is -2.30. The van der Waals surface area contributed by atoms with E-state index in [0.29, 0.717) is 6.42 Å². The SMILES string of the molecule is CNC(=O)C1(CC(=O)O)C=CC=C(c2ccccc2)C1. The molecule has 2 N–H and O–H groups in total. The predicted octanol–water partition coefficient (Wildman–Crippen LogP) is 2.24. The Morgan fingerprint density at radius 2 is 2.00 bits per heavy atom. The molecule has 1 aliphatic rings. The van der Waals surface area contributed by atoms with Gasteiger partial charge in [0.05, 0.1) is 11.8 Å². The molecule has 20 heavy (non-hydrogen) atoms. The zero-order valence-electron chi connectivity index (χ0n) is 11.3. The summed E-state index contributed by atoms with van der Waals surface area (Å²) in [4.78, 5) is 23.3. The highest BCUT2D eigenvalue weighted by Gasteiger charge is 2.39. The van der Waals surface area contributed by atoms with Crippen molar-refractivity contribution in [1.29, 1.82) is 0 Å². The first-order chi connectivity index (χ1) is 9.57. The molecule has 2 rings (SSSR count). The van der Waals surface area contributed by atoms with Gasteiger partial charge in [-0.2, -0.15) is 0 Å². The van der Waals surface area contributed by atoms with Crippen molar-refractivity contribution in [2.24, 2.45) is 5.41 Å². The lowest BCUT2D eigenvalue weighted by molar-refractivity contribution is -0.143. The summed E-state index contributed by atoms with van der Waals surface area (Å²) in [5.74, 6) is -1.25. The standard InChI is InChI=1S/C16H17NO3/c1-17-15(20)16(11-14(18)19)9-5-8-13(10-16)12-6-3-2-4-7-12/h2-9H,10-11H2,1H3,(H,17,20)(H,18,19). The van der Waals surface area contributed by atoms with Crippen LogP contribution in [-0.4, -0.2) is 24.0 Å². The number of carboxylic acid groups (broad SMARTS) is 1. The molecule has 1 aromatic carbocycles. The van der Waals surface area contributed by atoms with Crippen LogP contribution in [0.1, 0.15) is 18.4 Å². The molecule has 0 fully saturated rings. The molecule has 0 saturated heterocycles. The van der Waals surface area contributed by atoms with Crippen LogP contribution in [0.25, 0.3) is 5.57 Å². The molecule has 0 aliphatic heterocycles. The first-order valence-corrected chi connectivity index (χ1v) is 6.45. The molecule has 1 aliphatic carbocycles. The second kappa shape index (κ2) is 5.74. The molecule has 0 radical (unpaired) electrons. The normalized spacial score (nSPS) is 21.1. The Morgan fingerprint density at radius 3 is 2.60 bits per heavy atom. The summed E-state index contributed by atoms with van der Waals surface area (Å²) in [5, 5.41) is 11.7. The number of rotatable bonds is 4. The molecule has 4 heteroatoms. The van der Waals surface area contributed by atoms with Crippen LogP contribution >= 0.6 is 0 Å². The topological polar surface area (TPSA) is 66.4 Å². The van der Waals surface area contributed by atoms with E-state index in [1.54, 1.807) is 12.2 Å². The molecule has 4 nitrogen and oxygen atoms in total. The number of allylic oxidation sites excluding steroid dienone is 3. The maximum absolute atomic E-state index is 12.1.